The van der Waals surface area contributed by atoms with Crippen molar-refractivity contribution in [1.82, 2.24) is 0 Å². The summed E-state index contributed by atoms with van der Waals surface area (Å²) in [6, 6.07) is 12.1. The fourth-order valence-electron chi connectivity index (χ4n) is 1.60. The van der Waals surface area contributed by atoms with Gasteiger partial charge in [-0.15, -0.1) is 0 Å². The minimum absolute atomic E-state index is 0.0698. The maximum atomic E-state index is 10.1. The zero-order valence-electron chi connectivity index (χ0n) is 9.82. The lowest BCUT2D eigenvalue weighted by atomic mass is 10.1. The molecule has 0 heterocycles. The number of aliphatic hydroxyl groups excluding tert-OH is 1. The summed E-state index contributed by atoms with van der Waals surface area (Å²) in [7, 11) is 0. The summed E-state index contributed by atoms with van der Waals surface area (Å²) < 4.78 is 5.46. The Morgan fingerprint density at radius 3 is 2.53 bits per heavy atom. The Labute approximate surface area is 126 Å². The van der Waals surface area contributed by atoms with Crippen molar-refractivity contribution in [3.8, 4) is 5.75 Å². The molecule has 5 heteroatoms. The predicted octanol–water partition coefficient (Wildman–Crippen LogP) is 4.76. The fraction of sp³-hybridized carbons (Fsp3) is 0.143. The van der Waals surface area contributed by atoms with E-state index in [1.165, 1.54) is 0 Å². The first-order valence-electron chi connectivity index (χ1n) is 5.58. The van der Waals surface area contributed by atoms with E-state index < -0.39 is 6.10 Å². The van der Waals surface area contributed by atoms with Gasteiger partial charge in [-0.25, -0.2) is 0 Å². The average Bonchev–Trinajstić information content (AvgIpc) is 2.39. The maximum Gasteiger partial charge on any atom is 0.120 e. The number of benzene rings is 2. The highest BCUT2D eigenvalue weighted by atomic mass is 35.5. The molecule has 100 valence electrons. The van der Waals surface area contributed by atoms with Gasteiger partial charge < -0.3 is 9.84 Å². The Bertz CT molecular complexity index is 572. The molecule has 0 aliphatic rings. The summed E-state index contributed by atoms with van der Waals surface area (Å²) in [5, 5.41) is 11.4. The van der Waals surface area contributed by atoms with Gasteiger partial charge in [0.05, 0.1) is 10.0 Å². The van der Waals surface area contributed by atoms with E-state index in [1.54, 1.807) is 42.5 Å². The van der Waals surface area contributed by atoms with Crippen LogP contribution in [0.1, 0.15) is 11.7 Å². The van der Waals surface area contributed by atoms with Crippen LogP contribution >= 0.6 is 34.8 Å². The first kappa shape index (κ1) is 14.5. The predicted molar refractivity (Wildman–Crippen MR) is 78.4 cm³/mol. The van der Waals surface area contributed by atoms with Gasteiger partial charge in [-0.05, 0) is 24.3 Å². The lowest BCUT2D eigenvalue weighted by molar-refractivity contribution is 0.108. The molecule has 2 rings (SSSR count). The van der Waals surface area contributed by atoms with E-state index in [1.807, 2.05) is 0 Å². The Morgan fingerprint density at radius 1 is 1.05 bits per heavy atom. The molecule has 0 aromatic heterocycles. The van der Waals surface area contributed by atoms with Crippen LogP contribution in [0.15, 0.2) is 42.5 Å². The van der Waals surface area contributed by atoms with E-state index in [9.17, 15) is 5.11 Å². The molecule has 0 amide bonds. The Morgan fingerprint density at radius 2 is 1.79 bits per heavy atom. The van der Waals surface area contributed by atoms with Crippen LogP contribution in [0.3, 0.4) is 0 Å². The summed E-state index contributed by atoms with van der Waals surface area (Å²) in [5.41, 5.74) is 0.538. The molecule has 19 heavy (non-hydrogen) atoms. The van der Waals surface area contributed by atoms with Crippen molar-refractivity contribution >= 4 is 34.8 Å². The average molecular weight is 318 g/mol. The monoisotopic (exact) mass is 316 g/mol. The van der Waals surface area contributed by atoms with E-state index in [0.29, 0.717) is 26.4 Å². The SMILES string of the molecule is OC(COc1cccc(Cl)c1)c1cccc(Cl)c1Cl. The van der Waals surface area contributed by atoms with Crippen molar-refractivity contribution in [2.75, 3.05) is 6.61 Å². The summed E-state index contributed by atoms with van der Waals surface area (Å²) in [5.74, 6) is 0.588. The Kier molecular flexibility index (Phi) is 4.94. The van der Waals surface area contributed by atoms with Crippen LogP contribution in [0, 0.1) is 0 Å². The molecule has 2 aromatic rings. The first-order chi connectivity index (χ1) is 9.08. The zero-order valence-corrected chi connectivity index (χ0v) is 12.1. The largest absolute Gasteiger partial charge is 0.490 e. The molecule has 0 aliphatic heterocycles. The summed E-state index contributed by atoms with van der Waals surface area (Å²) in [6.45, 7) is 0.0698. The molecule has 1 unspecified atom stereocenters. The lowest BCUT2D eigenvalue weighted by Crippen LogP contribution is -2.10. The van der Waals surface area contributed by atoms with Crippen molar-refractivity contribution in [3.63, 3.8) is 0 Å². The highest BCUT2D eigenvalue weighted by molar-refractivity contribution is 6.42. The van der Waals surface area contributed by atoms with Gasteiger partial charge in [0.25, 0.3) is 0 Å². The van der Waals surface area contributed by atoms with Gasteiger partial charge in [-0.3, -0.25) is 0 Å². The van der Waals surface area contributed by atoms with E-state index in [4.69, 9.17) is 39.5 Å². The third-order valence-electron chi connectivity index (χ3n) is 2.54. The smallest absolute Gasteiger partial charge is 0.120 e. The van der Waals surface area contributed by atoms with Gasteiger partial charge in [0, 0.05) is 10.6 Å². The number of hydrogen-bond donors (Lipinski definition) is 1. The van der Waals surface area contributed by atoms with Gasteiger partial charge in [-0.2, -0.15) is 0 Å². The van der Waals surface area contributed by atoms with Crippen molar-refractivity contribution in [1.29, 1.82) is 0 Å². The van der Waals surface area contributed by atoms with Crippen LogP contribution in [-0.2, 0) is 0 Å². The molecule has 0 spiro atoms. The van der Waals surface area contributed by atoms with Crippen LogP contribution in [0.4, 0.5) is 0 Å². The minimum atomic E-state index is -0.856. The molecule has 0 aliphatic carbocycles. The minimum Gasteiger partial charge on any atom is -0.490 e. The Balaban J connectivity index is 2.05. The number of ether oxygens (including phenoxy) is 1. The summed E-state index contributed by atoms with van der Waals surface area (Å²) >= 11 is 17.8. The fourth-order valence-corrected chi connectivity index (χ4v) is 2.21. The molecule has 1 N–H and O–H groups in total. The topological polar surface area (TPSA) is 29.5 Å². The van der Waals surface area contributed by atoms with E-state index in [0.717, 1.165) is 0 Å². The van der Waals surface area contributed by atoms with Crippen LogP contribution in [0.5, 0.6) is 5.75 Å². The van der Waals surface area contributed by atoms with Crippen LogP contribution in [0.25, 0.3) is 0 Å². The molecule has 0 radical (unpaired) electrons. The number of hydrogen-bond acceptors (Lipinski definition) is 2. The highest BCUT2D eigenvalue weighted by Crippen LogP contribution is 2.30. The number of rotatable bonds is 4. The molecule has 0 saturated heterocycles. The summed E-state index contributed by atoms with van der Waals surface area (Å²) in [6.07, 6.45) is -0.856. The molecule has 1 atom stereocenters. The standard InChI is InChI=1S/C14H11Cl3O2/c15-9-3-1-4-10(7-9)19-8-13(18)11-5-2-6-12(16)14(11)17/h1-7,13,18H,8H2. The van der Waals surface area contributed by atoms with E-state index >= 15 is 0 Å². The van der Waals surface area contributed by atoms with Crippen molar-refractivity contribution in [2.45, 2.75) is 6.10 Å². The van der Waals surface area contributed by atoms with Crippen LogP contribution < -0.4 is 4.74 Å². The quantitative estimate of drug-likeness (QED) is 0.881. The third kappa shape index (κ3) is 3.77. The molecular weight excluding hydrogens is 307 g/mol. The second-order valence-electron chi connectivity index (χ2n) is 3.93. The van der Waals surface area contributed by atoms with Crippen LogP contribution in [0.2, 0.25) is 15.1 Å². The van der Waals surface area contributed by atoms with Crippen LogP contribution in [-0.4, -0.2) is 11.7 Å². The van der Waals surface area contributed by atoms with E-state index in [-0.39, 0.29) is 6.61 Å². The Hall–Kier alpha value is -0.930. The molecule has 0 fully saturated rings. The van der Waals surface area contributed by atoms with E-state index in [2.05, 4.69) is 0 Å². The second-order valence-corrected chi connectivity index (χ2v) is 5.15. The second kappa shape index (κ2) is 6.49. The molecular formula is C14H11Cl3O2. The van der Waals surface area contributed by atoms with Gasteiger partial charge in [-0.1, -0.05) is 53.0 Å². The zero-order chi connectivity index (χ0) is 13.8. The number of aliphatic hydroxyl groups is 1. The van der Waals surface area contributed by atoms with Crippen molar-refractivity contribution in [2.24, 2.45) is 0 Å². The van der Waals surface area contributed by atoms with Crippen molar-refractivity contribution in [3.05, 3.63) is 63.1 Å². The highest BCUT2D eigenvalue weighted by Gasteiger charge is 2.14. The summed E-state index contributed by atoms with van der Waals surface area (Å²) in [4.78, 5) is 0. The molecule has 0 saturated carbocycles. The number of halogens is 3. The molecule has 2 aromatic carbocycles. The molecule has 2 nitrogen and oxygen atoms in total. The molecule has 0 bridgehead atoms. The van der Waals surface area contributed by atoms with Gasteiger partial charge in [0.15, 0.2) is 0 Å². The lowest BCUT2D eigenvalue weighted by Gasteiger charge is -2.14. The van der Waals surface area contributed by atoms with Gasteiger partial charge >= 0.3 is 0 Å². The normalized spacial score (nSPS) is 12.2. The van der Waals surface area contributed by atoms with Gasteiger partial charge in [0.1, 0.15) is 18.5 Å². The third-order valence-corrected chi connectivity index (χ3v) is 3.61. The maximum absolute atomic E-state index is 10.1. The first-order valence-corrected chi connectivity index (χ1v) is 6.71. The van der Waals surface area contributed by atoms with Gasteiger partial charge in [0.2, 0.25) is 0 Å². The van der Waals surface area contributed by atoms with Crippen molar-refractivity contribution < 1.29 is 9.84 Å².